The van der Waals surface area contributed by atoms with Crippen molar-refractivity contribution < 1.29 is 54.0 Å². The Bertz CT molecular complexity index is 3080. The topological polar surface area (TPSA) is 181 Å². The number of methoxy groups -OCH3 is 1. The molecule has 4 aliphatic carbocycles. The van der Waals surface area contributed by atoms with Gasteiger partial charge in [-0.2, -0.15) is 0 Å². The van der Waals surface area contributed by atoms with Gasteiger partial charge < -0.3 is 54.0 Å². The van der Waals surface area contributed by atoms with Crippen molar-refractivity contribution in [1.82, 2.24) is 10.6 Å². The van der Waals surface area contributed by atoms with Crippen LogP contribution in [-0.4, -0.2) is 95.1 Å². The molecule has 4 aliphatic heterocycles. The van der Waals surface area contributed by atoms with E-state index in [0.29, 0.717) is 71.8 Å². The maximum Gasteiger partial charge on any atom is 0.149 e. The van der Waals surface area contributed by atoms with E-state index in [1.54, 1.807) is 43.5 Å². The lowest BCUT2D eigenvalue weighted by molar-refractivity contribution is -0.167. The molecule has 8 aliphatic rings. The van der Waals surface area contributed by atoms with Crippen LogP contribution in [0.25, 0.3) is 21.9 Å². The van der Waals surface area contributed by atoms with Gasteiger partial charge in [-0.15, -0.1) is 0 Å². The first-order chi connectivity index (χ1) is 37.5. The Morgan fingerprint density at radius 2 is 1.62 bits per heavy atom. The van der Waals surface area contributed by atoms with E-state index in [4.69, 9.17) is 28.4 Å². The van der Waals surface area contributed by atoms with Gasteiger partial charge in [0.15, 0.2) is 0 Å². The largest absolute Gasteiger partial charge is 0.508 e. The molecule has 4 saturated carbocycles. The van der Waals surface area contributed by atoms with Crippen LogP contribution in [0.5, 0.6) is 40.2 Å². The van der Waals surface area contributed by atoms with Gasteiger partial charge in [0.1, 0.15) is 53.0 Å². The smallest absolute Gasteiger partial charge is 0.149 e. The third-order valence-electron chi connectivity index (χ3n) is 19.4. The van der Waals surface area contributed by atoms with E-state index in [1.807, 2.05) is 42.5 Å². The Morgan fingerprint density at radius 3 is 2.45 bits per heavy atom. The van der Waals surface area contributed by atoms with Gasteiger partial charge in [-0.3, -0.25) is 10.6 Å². The molecule has 5 aromatic carbocycles. The minimum absolute atomic E-state index is 0.0375. The minimum atomic E-state index is -1.07. The molecule has 77 heavy (non-hydrogen) atoms. The van der Waals surface area contributed by atoms with Crippen LogP contribution in [-0.2, 0) is 15.9 Å². The molecule has 0 unspecified atom stereocenters. The Morgan fingerprint density at radius 1 is 0.792 bits per heavy atom. The van der Waals surface area contributed by atoms with Crippen molar-refractivity contribution in [2.45, 2.75) is 144 Å². The average molecular weight is 1050 g/mol. The summed E-state index contributed by atoms with van der Waals surface area (Å²) in [7, 11) is 1.71. The number of aromatic hydroxyl groups is 3. The van der Waals surface area contributed by atoms with Crippen LogP contribution in [0.2, 0.25) is 0 Å². The van der Waals surface area contributed by atoms with E-state index < -0.39 is 41.8 Å². The molecular weight excluding hydrogens is 973 g/mol. The Kier molecular flexibility index (Phi) is 13.5. The monoisotopic (exact) mass is 1050 g/mol. The summed E-state index contributed by atoms with van der Waals surface area (Å²) in [5.41, 5.74) is 4.09. The normalized spacial score (nSPS) is 31.0. The second kappa shape index (κ2) is 20.5. The highest BCUT2D eigenvalue weighted by atomic mass is 16.5. The standard InChI is InChI=1S/C64H74N2O11/c1-72-25-8-14-54-56(53-36-74-58-41(30-47(32-51(58)57(53)71)75-46-12-2-3-13-46)27-40-29-44(69)15-17-48(40)38-9-6-11-43(68)28-38)60-52-33-55(50-31-45(70)16-18-49(50)59(52)76-54)73-26-7-10-42-34-65-63(24-23-62(37-63)20-4-5-21-62)66-64(42)22-19-39(35-67)61(64)77-60/h6,9,11,15-18,28-33,39,42,46,53-54,56-57,60-61,65-71H,2-5,8,12-14,19-27,34-37H2,1H3/t39-,42+,53+,54+,56+,57+,60-,61-,63+,64-/m0/s1. The van der Waals surface area contributed by atoms with Crippen LogP contribution >= 0.6 is 0 Å². The molecule has 13 rings (SSSR count). The fourth-order valence-corrected chi connectivity index (χ4v) is 15.8. The van der Waals surface area contributed by atoms with Crippen LogP contribution < -0.4 is 29.6 Å². The van der Waals surface area contributed by atoms with Crippen molar-refractivity contribution in [2.75, 3.05) is 40.1 Å². The van der Waals surface area contributed by atoms with E-state index in [2.05, 4.69) is 22.5 Å². The Labute approximate surface area is 451 Å². The predicted octanol–water partition coefficient (Wildman–Crippen LogP) is 10.3. The number of phenols is 3. The van der Waals surface area contributed by atoms with Crippen molar-refractivity contribution in [1.29, 1.82) is 0 Å². The number of aliphatic hydroxyl groups excluding tert-OH is 2. The van der Waals surface area contributed by atoms with Gasteiger partial charge >= 0.3 is 0 Å². The highest BCUT2D eigenvalue weighted by molar-refractivity contribution is 5.96. The predicted molar refractivity (Wildman–Crippen MR) is 291 cm³/mol. The molecule has 7 N–H and O–H groups in total. The molecule has 10 atom stereocenters. The van der Waals surface area contributed by atoms with Crippen molar-refractivity contribution in [3.05, 3.63) is 101 Å². The van der Waals surface area contributed by atoms with Crippen LogP contribution in [0.15, 0.2) is 78.9 Å². The van der Waals surface area contributed by atoms with Crippen molar-refractivity contribution in [2.24, 2.45) is 29.1 Å². The number of benzene rings is 5. The van der Waals surface area contributed by atoms with Crippen LogP contribution in [0.4, 0.5) is 0 Å². The Balaban J connectivity index is 0.950. The van der Waals surface area contributed by atoms with Crippen molar-refractivity contribution in [3.63, 3.8) is 0 Å². The average Bonchev–Trinajstić information content (AvgIpc) is 4.46. The first-order valence-corrected chi connectivity index (χ1v) is 28.7. The molecule has 5 aromatic rings. The summed E-state index contributed by atoms with van der Waals surface area (Å²) in [6.07, 6.45) is 12.8. The van der Waals surface area contributed by atoms with Gasteiger partial charge in [0.25, 0.3) is 0 Å². The summed E-state index contributed by atoms with van der Waals surface area (Å²) in [5.74, 6) is 8.47. The Hall–Kier alpha value is -5.72. The number of hydrogen-bond donors (Lipinski definition) is 7. The van der Waals surface area contributed by atoms with Gasteiger partial charge in [-0.05, 0) is 166 Å². The highest BCUT2D eigenvalue weighted by Crippen LogP contribution is 2.60. The van der Waals surface area contributed by atoms with E-state index in [-0.39, 0.29) is 60.7 Å². The zero-order chi connectivity index (χ0) is 52.5. The number of rotatable bonds is 11. The molecule has 13 nitrogen and oxygen atoms in total. The first kappa shape index (κ1) is 50.8. The summed E-state index contributed by atoms with van der Waals surface area (Å²) in [4.78, 5) is 0. The fourth-order valence-electron chi connectivity index (χ4n) is 15.8. The van der Waals surface area contributed by atoms with E-state index in [0.717, 1.165) is 84.6 Å². The lowest BCUT2D eigenvalue weighted by atomic mass is 9.71. The summed E-state index contributed by atoms with van der Waals surface area (Å²) in [6.45, 7) is 1.40. The molecule has 406 valence electrons. The number of nitrogens with one attached hydrogen (secondary N) is 2. The molecule has 13 heteroatoms. The van der Waals surface area contributed by atoms with Gasteiger partial charge in [0.05, 0.1) is 48.1 Å². The number of ether oxygens (including phenoxy) is 6. The molecule has 0 amide bonds. The molecular formula is C64H74N2O11. The van der Waals surface area contributed by atoms with Crippen molar-refractivity contribution in [3.8, 4) is 63.2 Å². The van der Waals surface area contributed by atoms with Crippen molar-refractivity contribution >= 4 is 10.8 Å². The molecule has 0 radical (unpaired) electrons. The quantitative estimate of drug-likeness (QED) is 0.0491. The number of phenolic OH excluding ortho intramolecular Hbond substituents is 3. The fraction of sp³-hybridized carbons (Fsp3) is 0.531. The van der Waals surface area contributed by atoms with Gasteiger partial charge in [0, 0.05) is 78.5 Å². The number of aliphatic hydroxyl groups is 2. The zero-order valence-electron chi connectivity index (χ0n) is 44.2. The molecule has 1 saturated heterocycles. The van der Waals surface area contributed by atoms with E-state index in [9.17, 15) is 25.5 Å². The third kappa shape index (κ3) is 9.24. The second-order valence-corrected chi connectivity index (χ2v) is 24.0. The maximum absolute atomic E-state index is 13.5. The lowest BCUT2D eigenvalue weighted by Crippen LogP contribution is -2.75. The van der Waals surface area contributed by atoms with Gasteiger partial charge in [-0.25, -0.2) is 0 Å². The van der Waals surface area contributed by atoms with Crippen LogP contribution in [0.3, 0.4) is 0 Å². The summed E-state index contributed by atoms with van der Waals surface area (Å²) >= 11 is 0. The third-order valence-corrected chi connectivity index (χ3v) is 19.4. The molecule has 2 bridgehead atoms. The van der Waals surface area contributed by atoms with E-state index in [1.165, 1.54) is 32.1 Å². The maximum atomic E-state index is 13.5. The second-order valence-electron chi connectivity index (χ2n) is 24.0. The van der Waals surface area contributed by atoms with Gasteiger partial charge in [0.2, 0.25) is 0 Å². The van der Waals surface area contributed by atoms with Crippen LogP contribution in [0, 0.1) is 40.9 Å². The molecule has 0 aromatic heterocycles. The zero-order valence-corrected chi connectivity index (χ0v) is 44.2. The minimum Gasteiger partial charge on any atom is -0.508 e. The number of hydrogen-bond acceptors (Lipinski definition) is 13. The first-order valence-electron chi connectivity index (χ1n) is 28.7. The highest BCUT2D eigenvalue weighted by Gasteiger charge is 2.63. The molecule has 3 spiro atoms. The van der Waals surface area contributed by atoms with Gasteiger partial charge in [-0.1, -0.05) is 42.9 Å². The SMILES string of the molecule is COCCC[C@H]1Oc2c3cc(c4cc(O)ccc24)OCC#C[C@@H]2CN[C@]4(CCC5(CCCC5)C4)N[C@@]24CC[C@@H](CO)[C@@H]4O[C@@H]3[C@@H]1[C@H]1COc2c(Cc3cc(O)ccc3-c3cccc(O)c3)cc(OC3CCCC3)cc2[C@H]1O. The lowest BCUT2D eigenvalue weighted by Gasteiger charge is -2.55. The van der Waals surface area contributed by atoms with E-state index >= 15 is 0 Å². The summed E-state index contributed by atoms with van der Waals surface area (Å²) < 4.78 is 41.8. The summed E-state index contributed by atoms with van der Waals surface area (Å²) in [5, 5.41) is 67.3. The van der Waals surface area contributed by atoms with Crippen LogP contribution in [0.1, 0.15) is 131 Å². The summed E-state index contributed by atoms with van der Waals surface area (Å²) in [6, 6.07) is 23.7. The number of fused-ring (bicyclic) bond motifs is 5. The molecule has 4 heterocycles. The molecule has 5 fully saturated rings.